The Bertz CT molecular complexity index is 330. The molecular weight excluding hydrogens is 240 g/mol. The van der Waals surface area contributed by atoms with Crippen LogP contribution >= 0.6 is 0 Å². The summed E-state index contributed by atoms with van der Waals surface area (Å²) in [4.78, 5) is 37.7. The molecule has 0 unspecified atom stereocenters. The maximum absolute atomic E-state index is 11.4. The van der Waals surface area contributed by atoms with Crippen molar-refractivity contribution in [1.82, 2.24) is 0 Å². The van der Waals surface area contributed by atoms with Crippen molar-refractivity contribution in [3.05, 3.63) is 0 Å². The summed E-state index contributed by atoms with van der Waals surface area (Å²) >= 11 is 0. The van der Waals surface area contributed by atoms with Gasteiger partial charge in [-0.25, -0.2) is 9.59 Å². The molecule has 0 radical (unpaired) electrons. The van der Waals surface area contributed by atoms with Crippen molar-refractivity contribution < 1.29 is 19.1 Å². The zero-order valence-electron chi connectivity index (χ0n) is 9.87. The molecule has 0 saturated heterocycles. The first-order valence-electron chi connectivity index (χ1n) is 5.42. The molecule has 100 valence electrons. The van der Waals surface area contributed by atoms with E-state index in [1.54, 1.807) is 0 Å². The van der Waals surface area contributed by atoms with Crippen LogP contribution in [0.4, 0.5) is 0 Å². The van der Waals surface area contributed by atoms with Gasteiger partial charge in [-0.05, 0) is 19.4 Å². The zero-order chi connectivity index (χ0) is 13.8. The fourth-order valence-corrected chi connectivity index (χ4v) is 1.12. The quantitative estimate of drug-likeness (QED) is 0.234. The van der Waals surface area contributed by atoms with Gasteiger partial charge >= 0.3 is 5.97 Å². The van der Waals surface area contributed by atoms with E-state index in [0.29, 0.717) is 13.0 Å². The molecule has 0 heterocycles. The van der Waals surface area contributed by atoms with E-state index < -0.39 is 18.2 Å². The lowest BCUT2D eigenvalue weighted by molar-refractivity contribution is -0.145. The second-order valence-corrected chi connectivity index (χ2v) is 3.44. The van der Waals surface area contributed by atoms with E-state index in [1.807, 2.05) is 0 Å². The van der Waals surface area contributed by atoms with Crippen LogP contribution in [-0.2, 0) is 19.1 Å². The largest absolute Gasteiger partial charge is 0.460 e. The second kappa shape index (κ2) is 10.3. The number of unbranched alkanes of at least 4 members (excludes halogenated alkanes) is 1. The number of ether oxygens (including phenoxy) is 1. The molecule has 0 aromatic rings. The molecule has 1 atom stereocenters. The lowest BCUT2D eigenvalue weighted by atomic mass is 10.1. The van der Waals surface area contributed by atoms with Gasteiger partial charge in [-0.2, -0.15) is 9.98 Å². The number of isocyanates is 2. The Labute approximate surface area is 104 Å². The number of nitrogens with zero attached hydrogens (tertiary/aromatic N) is 2. The van der Waals surface area contributed by atoms with E-state index in [2.05, 4.69) is 9.98 Å². The molecule has 0 spiro atoms. The Hall–Kier alpha value is -1.85. The first-order valence-corrected chi connectivity index (χ1v) is 5.42. The molecule has 0 saturated carbocycles. The summed E-state index contributed by atoms with van der Waals surface area (Å²) in [6.07, 6.45) is 3.26. The fraction of sp³-hybridized carbons (Fsp3) is 0.700. The van der Waals surface area contributed by atoms with E-state index in [0.717, 1.165) is 12.8 Å². The maximum atomic E-state index is 11.4. The number of rotatable bonds is 9. The molecule has 0 fully saturated rings. The predicted octanol–water partition coefficient (Wildman–Crippen LogP) is -1.02. The molecule has 0 aromatic heterocycles. The number of nitrogens with two attached hydrogens (primary N) is 2. The van der Waals surface area contributed by atoms with Crippen molar-refractivity contribution in [2.24, 2.45) is 21.5 Å². The molecule has 0 aliphatic heterocycles. The van der Waals surface area contributed by atoms with Crippen molar-refractivity contribution in [2.75, 3.05) is 13.2 Å². The SMILES string of the molecule is NCCCC[C@H](N)C(=O)OCC(N=C=O)N=C=O. The van der Waals surface area contributed by atoms with Crippen molar-refractivity contribution >= 4 is 18.1 Å². The van der Waals surface area contributed by atoms with Gasteiger partial charge in [0.25, 0.3) is 0 Å². The Balaban J connectivity index is 4.06. The van der Waals surface area contributed by atoms with E-state index in [-0.39, 0.29) is 6.61 Å². The predicted molar refractivity (Wildman–Crippen MR) is 61.9 cm³/mol. The molecule has 8 heteroatoms. The summed E-state index contributed by atoms with van der Waals surface area (Å²) in [5.41, 5.74) is 10.9. The third kappa shape index (κ3) is 7.43. The number of esters is 1. The molecule has 0 aliphatic carbocycles. The van der Waals surface area contributed by atoms with Crippen molar-refractivity contribution in [3.63, 3.8) is 0 Å². The second-order valence-electron chi connectivity index (χ2n) is 3.44. The average Bonchev–Trinajstić information content (AvgIpc) is 2.36. The van der Waals surface area contributed by atoms with Crippen LogP contribution in [0.5, 0.6) is 0 Å². The highest BCUT2D eigenvalue weighted by Gasteiger charge is 2.16. The molecule has 0 bridgehead atoms. The minimum Gasteiger partial charge on any atom is -0.460 e. The summed E-state index contributed by atoms with van der Waals surface area (Å²) in [6.45, 7) is 0.194. The highest BCUT2D eigenvalue weighted by molar-refractivity contribution is 5.75. The smallest absolute Gasteiger partial charge is 0.323 e. The Kier molecular flexibility index (Phi) is 9.25. The molecule has 0 aromatic carbocycles. The number of carbonyl (C=O) groups is 1. The first-order chi connectivity index (χ1) is 8.65. The van der Waals surface area contributed by atoms with Gasteiger partial charge in [0.05, 0.1) is 0 Å². The van der Waals surface area contributed by atoms with Crippen LogP contribution in [0.1, 0.15) is 19.3 Å². The Morgan fingerprint density at radius 2 is 1.83 bits per heavy atom. The highest BCUT2D eigenvalue weighted by atomic mass is 16.5. The molecule has 4 N–H and O–H groups in total. The number of aliphatic imine (C=N–C) groups is 2. The maximum Gasteiger partial charge on any atom is 0.323 e. The van der Waals surface area contributed by atoms with E-state index in [1.165, 1.54) is 12.2 Å². The molecule has 8 nitrogen and oxygen atoms in total. The molecular formula is C10H16N4O4. The fourth-order valence-electron chi connectivity index (χ4n) is 1.12. The van der Waals surface area contributed by atoms with Gasteiger partial charge in [-0.3, -0.25) is 4.79 Å². The summed E-state index contributed by atoms with van der Waals surface area (Å²) in [6, 6.07) is -0.766. The summed E-state index contributed by atoms with van der Waals surface area (Å²) in [5.74, 6) is -0.640. The average molecular weight is 256 g/mol. The molecule has 0 rings (SSSR count). The van der Waals surface area contributed by atoms with Crippen LogP contribution in [-0.4, -0.2) is 43.5 Å². The van der Waals surface area contributed by atoms with Gasteiger partial charge in [0.2, 0.25) is 12.2 Å². The lowest BCUT2D eigenvalue weighted by Gasteiger charge is -2.11. The van der Waals surface area contributed by atoms with Crippen LogP contribution in [0.25, 0.3) is 0 Å². The normalized spacial score (nSPS) is 12.8. The van der Waals surface area contributed by atoms with E-state index in [4.69, 9.17) is 16.2 Å². The standard InChI is InChI=1S/C10H16N4O4/c11-4-2-1-3-8(12)10(17)18-5-9(13-6-15)14-7-16/h8-9H,1-5,11-12H2/t8-/m0/s1. The van der Waals surface area contributed by atoms with E-state index in [9.17, 15) is 14.4 Å². The molecule has 18 heavy (non-hydrogen) atoms. The summed E-state index contributed by atoms with van der Waals surface area (Å²) < 4.78 is 4.76. The summed E-state index contributed by atoms with van der Waals surface area (Å²) in [5, 5.41) is 0. The van der Waals surface area contributed by atoms with Crippen molar-refractivity contribution in [3.8, 4) is 0 Å². The van der Waals surface area contributed by atoms with E-state index >= 15 is 0 Å². The number of carbonyl (C=O) groups excluding carboxylic acids is 3. The van der Waals surface area contributed by atoms with Crippen molar-refractivity contribution in [1.29, 1.82) is 0 Å². The van der Waals surface area contributed by atoms with Gasteiger partial charge in [0.1, 0.15) is 12.6 Å². The van der Waals surface area contributed by atoms with Gasteiger partial charge in [-0.1, -0.05) is 6.42 Å². The van der Waals surface area contributed by atoms with Crippen molar-refractivity contribution in [2.45, 2.75) is 31.5 Å². The lowest BCUT2D eigenvalue weighted by Crippen LogP contribution is -2.33. The van der Waals surface area contributed by atoms with Gasteiger partial charge in [-0.15, -0.1) is 0 Å². The van der Waals surface area contributed by atoms with Gasteiger partial charge in [0.15, 0.2) is 6.17 Å². The third-order valence-corrected chi connectivity index (χ3v) is 2.05. The van der Waals surface area contributed by atoms with Gasteiger partial charge < -0.3 is 16.2 Å². The van der Waals surface area contributed by atoms with Crippen LogP contribution in [0, 0.1) is 0 Å². The Morgan fingerprint density at radius 3 is 2.33 bits per heavy atom. The monoisotopic (exact) mass is 256 g/mol. The highest BCUT2D eigenvalue weighted by Crippen LogP contribution is 2.01. The molecule has 0 amide bonds. The minimum atomic E-state index is -1.11. The third-order valence-electron chi connectivity index (χ3n) is 2.05. The number of hydrogen-bond acceptors (Lipinski definition) is 8. The van der Waals surface area contributed by atoms with Crippen LogP contribution in [0.3, 0.4) is 0 Å². The summed E-state index contributed by atoms with van der Waals surface area (Å²) in [7, 11) is 0. The van der Waals surface area contributed by atoms with Crippen LogP contribution in [0.2, 0.25) is 0 Å². The first kappa shape index (κ1) is 16.1. The van der Waals surface area contributed by atoms with Crippen LogP contribution in [0.15, 0.2) is 9.98 Å². The number of hydrogen-bond donors (Lipinski definition) is 2. The zero-order valence-corrected chi connectivity index (χ0v) is 9.87. The van der Waals surface area contributed by atoms with Gasteiger partial charge in [0, 0.05) is 0 Å². The Morgan fingerprint density at radius 1 is 1.22 bits per heavy atom. The minimum absolute atomic E-state index is 0.339. The topological polar surface area (TPSA) is 137 Å². The van der Waals surface area contributed by atoms with Crippen LogP contribution < -0.4 is 11.5 Å². The molecule has 0 aliphatic rings.